The molecule has 0 aliphatic rings. The van der Waals surface area contributed by atoms with Crippen molar-refractivity contribution >= 4 is 30.7 Å². The second kappa shape index (κ2) is 9.91. The lowest BCUT2D eigenvalue weighted by Crippen LogP contribution is -2.26. The van der Waals surface area contributed by atoms with Crippen molar-refractivity contribution in [2.75, 3.05) is 0 Å². The Kier molecular flexibility index (Phi) is 7.05. The second-order valence-corrected chi connectivity index (χ2v) is 4.97. The van der Waals surface area contributed by atoms with E-state index < -0.39 is 12.3 Å². The van der Waals surface area contributed by atoms with Crippen molar-refractivity contribution in [1.82, 2.24) is 5.43 Å². The van der Waals surface area contributed by atoms with Crippen molar-refractivity contribution in [3.05, 3.63) is 59.7 Å². The summed E-state index contributed by atoms with van der Waals surface area (Å²) in [6.45, 7) is 0. The smallest absolute Gasteiger partial charge is 0.449 e. The van der Waals surface area contributed by atoms with E-state index in [4.69, 9.17) is 15.9 Å². The number of hydrogen-bond donors (Lipinski definition) is 4. The van der Waals surface area contributed by atoms with Gasteiger partial charge in [-0.2, -0.15) is 10.2 Å². The van der Waals surface area contributed by atoms with E-state index in [0.29, 0.717) is 11.1 Å². The highest BCUT2D eigenvalue weighted by molar-refractivity contribution is 5.84. The van der Waals surface area contributed by atoms with Gasteiger partial charge in [-0.3, -0.25) is 0 Å². The molecule has 2 aromatic carbocycles. The summed E-state index contributed by atoms with van der Waals surface area (Å²) in [5.41, 5.74) is 9.39. The van der Waals surface area contributed by atoms with E-state index in [1.54, 1.807) is 24.3 Å². The Bertz CT molecular complexity index is 907. The Morgan fingerprint density at radius 2 is 1.32 bits per heavy atom. The van der Waals surface area contributed by atoms with E-state index in [1.165, 1.54) is 36.7 Å². The number of nitrogens with one attached hydrogen (secondary N) is 1. The maximum Gasteiger partial charge on any atom is 0.511 e. The van der Waals surface area contributed by atoms with Crippen LogP contribution in [0.1, 0.15) is 11.1 Å². The van der Waals surface area contributed by atoms with E-state index in [1.807, 2.05) is 0 Å². The second-order valence-electron chi connectivity index (χ2n) is 4.97. The van der Waals surface area contributed by atoms with Crippen LogP contribution in [0.25, 0.3) is 0 Å². The summed E-state index contributed by atoms with van der Waals surface area (Å²) in [5, 5.41) is 28.3. The van der Waals surface area contributed by atoms with Crippen LogP contribution in [0, 0.1) is 0 Å². The first-order chi connectivity index (χ1) is 13.4. The average Bonchev–Trinajstić information content (AvgIpc) is 2.64. The van der Waals surface area contributed by atoms with E-state index >= 15 is 0 Å². The SMILES string of the molecule is NC(=N/N=C/c1ccc(OC(=O)O)cc1)N/N=C/c1ccc(OC(=O)O)cc1. The van der Waals surface area contributed by atoms with Gasteiger partial charge in [0, 0.05) is 0 Å². The lowest BCUT2D eigenvalue weighted by atomic mass is 10.2. The average molecular weight is 385 g/mol. The van der Waals surface area contributed by atoms with Gasteiger partial charge in [0.25, 0.3) is 0 Å². The molecule has 0 saturated heterocycles. The standard InChI is InChI=1S/C17H15N5O6/c18-15(21-19-9-11-1-5-13(6-2-11)27-16(23)24)22-20-10-12-3-7-14(8-4-12)28-17(25)26/h1-10H,(H,23,24)(H,25,26)(H3,18,21,22)/b19-9+,20-10+. The maximum absolute atomic E-state index is 10.4. The summed E-state index contributed by atoms with van der Waals surface area (Å²) >= 11 is 0. The zero-order chi connectivity index (χ0) is 20.4. The van der Waals surface area contributed by atoms with Crippen LogP contribution in [0.2, 0.25) is 0 Å². The molecule has 0 heterocycles. The summed E-state index contributed by atoms with van der Waals surface area (Å²) in [6.07, 6.45) is 0.0639. The molecule has 2 aromatic rings. The number of nitrogens with two attached hydrogens (primary N) is 1. The third-order valence-electron chi connectivity index (χ3n) is 2.94. The molecule has 0 fully saturated rings. The molecule has 11 nitrogen and oxygen atoms in total. The molecule has 0 radical (unpaired) electrons. The number of rotatable bonds is 6. The first kappa shape index (κ1) is 19.9. The van der Waals surface area contributed by atoms with E-state index in [0.717, 1.165) is 0 Å². The summed E-state index contributed by atoms with van der Waals surface area (Å²) in [4.78, 5) is 20.8. The normalized spacial score (nSPS) is 11.5. The lowest BCUT2D eigenvalue weighted by Gasteiger charge is -2.00. The van der Waals surface area contributed by atoms with Crippen LogP contribution in [-0.2, 0) is 0 Å². The Balaban J connectivity index is 1.84. The molecule has 0 amide bonds. The quantitative estimate of drug-likeness (QED) is 0.193. The van der Waals surface area contributed by atoms with Gasteiger partial charge in [0.2, 0.25) is 5.96 Å². The van der Waals surface area contributed by atoms with Crippen LogP contribution in [0.3, 0.4) is 0 Å². The van der Waals surface area contributed by atoms with E-state index in [2.05, 4.69) is 30.2 Å². The Labute approximate surface area is 158 Å². The van der Waals surface area contributed by atoms with Crippen molar-refractivity contribution in [2.24, 2.45) is 21.0 Å². The van der Waals surface area contributed by atoms with Gasteiger partial charge in [0.1, 0.15) is 11.5 Å². The number of carbonyl (C=O) groups is 2. The highest BCUT2D eigenvalue weighted by Gasteiger charge is 2.00. The van der Waals surface area contributed by atoms with Crippen molar-refractivity contribution in [2.45, 2.75) is 0 Å². The highest BCUT2D eigenvalue weighted by atomic mass is 16.7. The van der Waals surface area contributed by atoms with Gasteiger partial charge < -0.3 is 25.4 Å². The van der Waals surface area contributed by atoms with Crippen molar-refractivity contribution in [3.8, 4) is 11.5 Å². The number of guanidine groups is 1. The van der Waals surface area contributed by atoms with Crippen LogP contribution >= 0.6 is 0 Å². The first-order valence-corrected chi connectivity index (χ1v) is 7.59. The summed E-state index contributed by atoms with van der Waals surface area (Å²) in [6, 6.07) is 12.3. The molecule has 144 valence electrons. The Morgan fingerprint density at radius 1 is 0.857 bits per heavy atom. The largest absolute Gasteiger partial charge is 0.511 e. The summed E-state index contributed by atoms with van der Waals surface area (Å²) in [5.74, 6) is 0.311. The number of ether oxygens (including phenoxy) is 2. The molecule has 0 unspecified atom stereocenters. The number of benzene rings is 2. The molecule has 0 aliphatic heterocycles. The van der Waals surface area contributed by atoms with Crippen LogP contribution in [0.4, 0.5) is 9.59 Å². The predicted octanol–water partition coefficient (Wildman–Crippen LogP) is 2.07. The Hall–Kier alpha value is -4.41. The van der Waals surface area contributed by atoms with Crippen LogP contribution in [-0.4, -0.2) is 40.9 Å². The van der Waals surface area contributed by atoms with Gasteiger partial charge >= 0.3 is 12.3 Å². The van der Waals surface area contributed by atoms with Crippen LogP contribution < -0.4 is 20.6 Å². The number of hydrazone groups is 1. The number of carboxylic acid groups (broad SMARTS) is 2. The third kappa shape index (κ3) is 7.23. The lowest BCUT2D eigenvalue weighted by molar-refractivity contribution is 0.143. The fraction of sp³-hybridized carbons (Fsp3) is 0. The summed E-state index contributed by atoms with van der Waals surface area (Å²) < 4.78 is 8.97. The van der Waals surface area contributed by atoms with Gasteiger partial charge in [-0.25, -0.2) is 15.0 Å². The minimum atomic E-state index is -1.39. The molecule has 0 saturated carbocycles. The van der Waals surface area contributed by atoms with Crippen molar-refractivity contribution < 1.29 is 29.3 Å². The van der Waals surface area contributed by atoms with E-state index in [-0.39, 0.29) is 17.5 Å². The highest BCUT2D eigenvalue weighted by Crippen LogP contribution is 2.12. The molecule has 0 spiro atoms. The molecule has 0 bridgehead atoms. The summed E-state index contributed by atoms with van der Waals surface area (Å²) in [7, 11) is 0. The molecule has 0 aliphatic carbocycles. The molecule has 0 aromatic heterocycles. The zero-order valence-electron chi connectivity index (χ0n) is 14.2. The maximum atomic E-state index is 10.4. The third-order valence-corrected chi connectivity index (χ3v) is 2.94. The van der Waals surface area contributed by atoms with Crippen LogP contribution in [0.15, 0.2) is 63.8 Å². The van der Waals surface area contributed by atoms with Gasteiger partial charge in [0.15, 0.2) is 0 Å². The van der Waals surface area contributed by atoms with Crippen molar-refractivity contribution in [3.63, 3.8) is 0 Å². The molecule has 5 N–H and O–H groups in total. The van der Waals surface area contributed by atoms with Gasteiger partial charge in [-0.15, -0.1) is 5.10 Å². The van der Waals surface area contributed by atoms with E-state index in [9.17, 15) is 9.59 Å². The van der Waals surface area contributed by atoms with Gasteiger partial charge in [0.05, 0.1) is 12.4 Å². The molecule has 2 rings (SSSR count). The topological polar surface area (TPSA) is 168 Å². The number of nitrogens with zero attached hydrogens (tertiary/aromatic N) is 3. The van der Waals surface area contributed by atoms with Gasteiger partial charge in [-0.1, -0.05) is 0 Å². The molecule has 0 atom stereocenters. The fourth-order valence-corrected chi connectivity index (χ4v) is 1.80. The molecule has 28 heavy (non-hydrogen) atoms. The molecular weight excluding hydrogens is 370 g/mol. The number of hydrogen-bond acceptors (Lipinski definition) is 7. The van der Waals surface area contributed by atoms with Crippen molar-refractivity contribution in [1.29, 1.82) is 0 Å². The molecular formula is C17H15N5O6. The van der Waals surface area contributed by atoms with Crippen LogP contribution in [0.5, 0.6) is 11.5 Å². The molecule has 11 heteroatoms. The first-order valence-electron chi connectivity index (χ1n) is 7.59. The zero-order valence-corrected chi connectivity index (χ0v) is 14.2. The fourth-order valence-electron chi connectivity index (χ4n) is 1.80. The minimum absolute atomic E-state index is 0.0656. The minimum Gasteiger partial charge on any atom is -0.449 e. The Morgan fingerprint density at radius 3 is 1.79 bits per heavy atom. The predicted molar refractivity (Wildman–Crippen MR) is 100 cm³/mol. The van der Waals surface area contributed by atoms with Gasteiger partial charge in [-0.05, 0) is 59.7 Å². The monoisotopic (exact) mass is 385 g/mol.